The van der Waals surface area contributed by atoms with Gasteiger partial charge in [-0.2, -0.15) is 5.26 Å². The highest BCUT2D eigenvalue weighted by Crippen LogP contribution is 2.15. The Hall–Kier alpha value is -3.24. The predicted molar refractivity (Wildman–Crippen MR) is 101 cm³/mol. The molecule has 0 radical (unpaired) electrons. The Balaban J connectivity index is 1.97. The number of carbonyl (C=O) groups is 2. The van der Waals surface area contributed by atoms with E-state index >= 15 is 0 Å². The van der Waals surface area contributed by atoms with E-state index in [1.807, 2.05) is 13.0 Å². The van der Waals surface area contributed by atoms with Gasteiger partial charge in [-0.15, -0.1) is 0 Å². The highest BCUT2D eigenvalue weighted by atomic mass is 19.1. The SMILES string of the molecule is CCN(CC(=O)Nc1ccc(NC(C)=O)cc1)Cc1cc(C#N)ccc1F. The standard InChI is InChI=1S/C20H21FN4O2/c1-3-25(12-16-10-15(11-22)4-9-19(16)21)13-20(27)24-18-7-5-17(6-8-18)23-14(2)26/h4-10H,3,12-13H2,1-2H3,(H,23,26)(H,24,27). The highest BCUT2D eigenvalue weighted by molar-refractivity contribution is 5.93. The summed E-state index contributed by atoms with van der Waals surface area (Å²) in [6.45, 7) is 4.16. The number of anilines is 2. The van der Waals surface area contributed by atoms with Crippen LogP contribution in [-0.2, 0) is 16.1 Å². The quantitative estimate of drug-likeness (QED) is 0.786. The highest BCUT2D eigenvalue weighted by Gasteiger charge is 2.13. The van der Waals surface area contributed by atoms with Gasteiger partial charge in [0.25, 0.3) is 0 Å². The second kappa shape index (κ2) is 9.46. The third-order valence-electron chi connectivity index (χ3n) is 3.87. The van der Waals surface area contributed by atoms with E-state index in [-0.39, 0.29) is 24.9 Å². The smallest absolute Gasteiger partial charge is 0.238 e. The van der Waals surface area contributed by atoms with Crippen molar-refractivity contribution in [1.29, 1.82) is 5.26 Å². The van der Waals surface area contributed by atoms with Crippen molar-refractivity contribution < 1.29 is 14.0 Å². The lowest BCUT2D eigenvalue weighted by Gasteiger charge is -2.20. The predicted octanol–water partition coefficient (Wildman–Crippen LogP) is 3.12. The minimum absolute atomic E-state index is 0.0835. The third kappa shape index (κ3) is 6.20. The van der Waals surface area contributed by atoms with Crippen LogP contribution in [0.5, 0.6) is 0 Å². The van der Waals surface area contributed by atoms with Crippen molar-refractivity contribution >= 4 is 23.2 Å². The van der Waals surface area contributed by atoms with Gasteiger partial charge in [-0.05, 0) is 49.0 Å². The molecule has 2 N–H and O–H groups in total. The average Bonchev–Trinajstić information content (AvgIpc) is 2.64. The van der Waals surface area contributed by atoms with Crippen LogP contribution in [0.2, 0.25) is 0 Å². The number of benzene rings is 2. The molecule has 27 heavy (non-hydrogen) atoms. The molecule has 6 nitrogen and oxygen atoms in total. The number of likely N-dealkylation sites (N-methyl/N-ethyl adjacent to an activating group) is 1. The number of nitrogens with one attached hydrogen (secondary N) is 2. The number of nitrogens with zero attached hydrogens (tertiary/aromatic N) is 2. The average molecular weight is 368 g/mol. The van der Waals surface area contributed by atoms with Gasteiger partial charge in [-0.25, -0.2) is 4.39 Å². The van der Waals surface area contributed by atoms with E-state index in [9.17, 15) is 14.0 Å². The van der Waals surface area contributed by atoms with Crippen LogP contribution in [-0.4, -0.2) is 29.8 Å². The first-order valence-electron chi connectivity index (χ1n) is 8.49. The summed E-state index contributed by atoms with van der Waals surface area (Å²) >= 11 is 0. The molecule has 0 saturated carbocycles. The number of amides is 2. The first-order valence-corrected chi connectivity index (χ1v) is 8.49. The van der Waals surface area contributed by atoms with Crippen LogP contribution in [0, 0.1) is 17.1 Å². The van der Waals surface area contributed by atoms with Crippen LogP contribution in [0.1, 0.15) is 25.0 Å². The minimum atomic E-state index is -0.401. The molecule has 0 heterocycles. The fourth-order valence-electron chi connectivity index (χ4n) is 2.53. The number of hydrogen-bond donors (Lipinski definition) is 2. The zero-order chi connectivity index (χ0) is 19.8. The molecule has 2 rings (SSSR count). The molecule has 140 valence electrons. The summed E-state index contributed by atoms with van der Waals surface area (Å²) in [5, 5.41) is 14.4. The van der Waals surface area contributed by atoms with E-state index in [2.05, 4.69) is 10.6 Å². The number of hydrogen-bond acceptors (Lipinski definition) is 4. The first kappa shape index (κ1) is 20.1. The molecule has 2 amide bonds. The summed E-state index contributed by atoms with van der Waals surface area (Å²) in [5.41, 5.74) is 2.00. The second-order valence-electron chi connectivity index (χ2n) is 6.03. The molecule has 2 aromatic rings. The maximum absolute atomic E-state index is 13.9. The Labute approximate surface area is 157 Å². The van der Waals surface area contributed by atoms with E-state index in [1.54, 1.807) is 29.2 Å². The topological polar surface area (TPSA) is 85.2 Å². The third-order valence-corrected chi connectivity index (χ3v) is 3.87. The molecule has 0 atom stereocenters. The van der Waals surface area contributed by atoms with Crippen molar-refractivity contribution in [2.75, 3.05) is 23.7 Å². The van der Waals surface area contributed by atoms with E-state index < -0.39 is 5.82 Å². The molecule has 0 aliphatic rings. The fourth-order valence-corrected chi connectivity index (χ4v) is 2.53. The van der Waals surface area contributed by atoms with E-state index in [1.165, 1.54) is 25.1 Å². The van der Waals surface area contributed by atoms with Crippen molar-refractivity contribution in [1.82, 2.24) is 4.90 Å². The van der Waals surface area contributed by atoms with Crippen molar-refractivity contribution in [3.05, 3.63) is 59.4 Å². The molecular weight excluding hydrogens is 347 g/mol. The summed E-state index contributed by atoms with van der Waals surface area (Å²) in [6.07, 6.45) is 0. The van der Waals surface area contributed by atoms with Crippen LogP contribution >= 0.6 is 0 Å². The summed E-state index contributed by atoms with van der Waals surface area (Å²) in [5.74, 6) is -0.805. The van der Waals surface area contributed by atoms with Crippen LogP contribution in [0.3, 0.4) is 0 Å². The van der Waals surface area contributed by atoms with Crippen LogP contribution in [0.15, 0.2) is 42.5 Å². The molecule has 0 unspecified atom stereocenters. The Kier molecular flexibility index (Phi) is 7.03. The largest absolute Gasteiger partial charge is 0.326 e. The van der Waals surface area contributed by atoms with Gasteiger partial charge in [0, 0.05) is 30.4 Å². The zero-order valence-corrected chi connectivity index (χ0v) is 15.3. The minimum Gasteiger partial charge on any atom is -0.326 e. The van der Waals surface area contributed by atoms with Gasteiger partial charge in [0.15, 0.2) is 0 Å². The van der Waals surface area contributed by atoms with Crippen molar-refractivity contribution in [2.24, 2.45) is 0 Å². The van der Waals surface area contributed by atoms with E-state index in [4.69, 9.17) is 5.26 Å². The summed E-state index contributed by atoms with van der Waals surface area (Å²) < 4.78 is 13.9. The number of nitriles is 1. The molecular formula is C20H21FN4O2. The van der Waals surface area contributed by atoms with Crippen LogP contribution < -0.4 is 10.6 Å². The van der Waals surface area contributed by atoms with Gasteiger partial charge in [0.1, 0.15) is 5.82 Å². The van der Waals surface area contributed by atoms with Crippen molar-refractivity contribution in [2.45, 2.75) is 20.4 Å². The van der Waals surface area contributed by atoms with E-state index in [0.717, 1.165) is 0 Å². The first-order chi connectivity index (χ1) is 12.9. The summed E-state index contributed by atoms with van der Waals surface area (Å²) in [7, 11) is 0. The molecule has 2 aromatic carbocycles. The molecule has 0 saturated heterocycles. The van der Waals surface area contributed by atoms with Crippen LogP contribution in [0.4, 0.5) is 15.8 Å². The number of carbonyl (C=O) groups excluding carboxylic acids is 2. The molecule has 0 aliphatic heterocycles. The van der Waals surface area contributed by atoms with Gasteiger partial charge in [-0.3, -0.25) is 14.5 Å². The molecule has 0 aromatic heterocycles. The fraction of sp³-hybridized carbons (Fsp3) is 0.250. The maximum atomic E-state index is 13.9. The molecule has 7 heteroatoms. The monoisotopic (exact) mass is 368 g/mol. The van der Waals surface area contributed by atoms with Crippen molar-refractivity contribution in [3.8, 4) is 6.07 Å². The Morgan fingerprint density at radius 1 is 1.11 bits per heavy atom. The molecule has 0 bridgehead atoms. The van der Waals surface area contributed by atoms with Gasteiger partial charge < -0.3 is 10.6 Å². The van der Waals surface area contributed by atoms with Crippen molar-refractivity contribution in [3.63, 3.8) is 0 Å². The lowest BCUT2D eigenvalue weighted by Crippen LogP contribution is -2.33. The Bertz CT molecular complexity index is 859. The number of halogens is 1. The second-order valence-corrected chi connectivity index (χ2v) is 6.03. The summed E-state index contributed by atoms with van der Waals surface area (Å²) in [4.78, 5) is 25.1. The normalized spacial score (nSPS) is 10.3. The van der Waals surface area contributed by atoms with Gasteiger partial charge in [-0.1, -0.05) is 6.92 Å². The summed E-state index contributed by atoms with van der Waals surface area (Å²) in [6, 6.07) is 12.9. The maximum Gasteiger partial charge on any atom is 0.238 e. The van der Waals surface area contributed by atoms with Gasteiger partial charge in [0.05, 0.1) is 18.2 Å². The molecule has 0 aliphatic carbocycles. The molecule has 0 spiro atoms. The van der Waals surface area contributed by atoms with Gasteiger partial charge >= 0.3 is 0 Å². The number of rotatable bonds is 7. The van der Waals surface area contributed by atoms with E-state index in [0.29, 0.717) is 29.0 Å². The lowest BCUT2D eigenvalue weighted by molar-refractivity contribution is -0.117. The lowest BCUT2D eigenvalue weighted by atomic mass is 10.1. The Morgan fingerprint density at radius 3 is 2.30 bits per heavy atom. The zero-order valence-electron chi connectivity index (χ0n) is 15.3. The Morgan fingerprint density at radius 2 is 1.74 bits per heavy atom. The molecule has 0 fully saturated rings. The van der Waals surface area contributed by atoms with Crippen LogP contribution in [0.25, 0.3) is 0 Å². The van der Waals surface area contributed by atoms with Gasteiger partial charge in [0.2, 0.25) is 11.8 Å².